The minimum atomic E-state index is -0.501. The Morgan fingerprint density at radius 1 is 1.02 bits per heavy atom. The highest BCUT2D eigenvalue weighted by atomic mass is 35.5. The fourth-order valence-electron chi connectivity index (χ4n) is 7.45. The van der Waals surface area contributed by atoms with E-state index in [1.54, 1.807) is 0 Å². The molecule has 3 saturated heterocycles. The van der Waals surface area contributed by atoms with E-state index in [-0.39, 0.29) is 17.5 Å². The van der Waals surface area contributed by atoms with Crippen LogP contribution in [-0.2, 0) is 10.2 Å². The van der Waals surface area contributed by atoms with Crippen molar-refractivity contribution in [1.29, 1.82) is 0 Å². The molecular weight excluding hydrogens is 547 g/mol. The molecule has 9 heteroatoms. The van der Waals surface area contributed by atoms with Crippen LogP contribution in [0.2, 0.25) is 10.0 Å². The lowest BCUT2D eigenvalue weighted by atomic mass is 9.69. The van der Waals surface area contributed by atoms with Crippen LogP contribution in [0, 0.1) is 0 Å². The predicted octanol–water partition coefficient (Wildman–Crippen LogP) is 6.84. The van der Waals surface area contributed by atoms with Crippen molar-refractivity contribution in [2.45, 2.75) is 114 Å². The third kappa shape index (κ3) is 6.68. The summed E-state index contributed by atoms with van der Waals surface area (Å²) in [5.41, 5.74) is 0.667. The molecule has 4 fully saturated rings. The summed E-state index contributed by atoms with van der Waals surface area (Å²) in [5.74, 6) is 0. The molecule has 0 spiro atoms. The van der Waals surface area contributed by atoms with Crippen LogP contribution in [0.15, 0.2) is 18.2 Å². The van der Waals surface area contributed by atoms with Gasteiger partial charge in [0.05, 0.1) is 22.1 Å². The van der Waals surface area contributed by atoms with Crippen LogP contribution in [-0.4, -0.2) is 83.3 Å². The molecule has 1 N–H and O–H groups in total. The molecule has 0 aromatic heterocycles. The largest absolute Gasteiger partial charge is 0.444 e. The summed E-state index contributed by atoms with van der Waals surface area (Å²) in [4.78, 5) is 32.1. The van der Waals surface area contributed by atoms with Gasteiger partial charge in [0.25, 0.3) is 0 Å². The SMILES string of the molecule is CC(C)(C)OC(=O)N1CCC(CCCN2CCC(N3C(=O)NC4CCCC[C@H]43)CC2)(c2ccc(Cl)c(Cl)c2)CC1. The normalized spacial score (nSPS) is 26.0. The molecule has 222 valence electrons. The Labute approximate surface area is 249 Å². The summed E-state index contributed by atoms with van der Waals surface area (Å²) in [6, 6.07) is 7.33. The molecule has 1 saturated carbocycles. The molecule has 1 unspecified atom stereocenters. The lowest BCUT2D eigenvalue weighted by molar-refractivity contribution is 0.0155. The van der Waals surface area contributed by atoms with Gasteiger partial charge in [-0.1, -0.05) is 42.1 Å². The van der Waals surface area contributed by atoms with E-state index in [1.807, 2.05) is 37.8 Å². The average molecular weight is 594 g/mol. The number of carbonyl (C=O) groups excluding carboxylic acids is 2. The van der Waals surface area contributed by atoms with Crippen molar-refractivity contribution in [2.24, 2.45) is 0 Å². The van der Waals surface area contributed by atoms with E-state index in [0.29, 0.717) is 41.3 Å². The van der Waals surface area contributed by atoms with Crippen LogP contribution in [0.1, 0.15) is 90.5 Å². The maximum atomic E-state index is 12.8. The van der Waals surface area contributed by atoms with Crippen LogP contribution >= 0.6 is 23.2 Å². The zero-order valence-corrected chi connectivity index (χ0v) is 25.9. The first-order chi connectivity index (χ1) is 19.0. The standard InChI is InChI=1S/C31H46Cl2N4O3/c1-30(2,3)40-29(39)36-19-14-31(15-20-36,22-9-10-24(32)25(33)21-22)13-6-16-35-17-11-23(12-18-35)37-27-8-5-4-7-26(27)34-28(37)38/h9-10,21,23,26-27H,4-8,11-20H2,1-3H3,(H,34,38)/t26?,27-/m1/s1. The molecule has 7 nitrogen and oxygen atoms in total. The van der Waals surface area contributed by atoms with Crippen molar-refractivity contribution < 1.29 is 14.3 Å². The predicted molar refractivity (Wildman–Crippen MR) is 160 cm³/mol. The Morgan fingerprint density at radius 3 is 2.40 bits per heavy atom. The summed E-state index contributed by atoms with van der Waals surface area (Å²) in [7, 11) is 0. The topological polar surface area (TPSA) is 65.1 Å². The maximum absolute atomic E-state index is 12.8. The highest BCUT2D eigenvalue weighted by molar-refractivity contribution is 6.42. The average Bonchev–Trinajstić information content (AvgIpc) is 3.25. The minimum Gasteiger partial charge on any atom is -0.444 e. The summed E-state index contributed by atoms with van der Waals surface area (Å²) < 4.78 is 5.64. The van der Waals surface area contributed by atoms with Gasteiger partial charge in [-0.3, -0.25) is 0 Å². The van der Waals surface area contributed by atoms with Crippen molar-refractivity contribution in [3.63, 3.8) is 0 Å². The van der Waals surface area contributed by atoms with Gasteiger partial charge in [-0.2, -0.15) is 0 Å². The van der Waals surface area contributed by atoms with Crippen molar-refractivity contribution >= 4 is 35.3 Å². The van der Waals surface area contributed by atoms with E-state index in [0.717, 1.165) is 71.0 Å². The maximum Gasteiger partial charge on any atom is 0.410 e. The number of urea groups is 1. The zero-order chi connectivity index (χ0) is 28.5. The Balaban J connectivity index is 1.17. The monoisotopic (exact) mass is 592 g/mol. The molecule has 1 aromatic carbocycles. The number of fused-ring (bicyclic) bond motifs is 1. The van der Waals surface area contributed by atoms with Gasteiger partial charge < -0.3 is 24.8 Å². The fraction of sp³-hybridized carbons (Fsp3) is 0.742. The molecule has 2 atom stereocenters. The third-order valence-corrected chi connectivity index (χ3v) is 10.4. The van der Waals surface area contributed by atoms with E-state index in [4.69, 9.17) is 27.9 Å². The second-order valence-corrected chi connectivity index (χ2v) is 14.2. The number of likely N-dealkylation sites (tertiary alicyclic amines) is 2. The van der Waals surface area contributed by atoms with E-state index in [9.17, 15) is 9.59 Å². The summed E-state index contributed by atoms with van der Waals surface area (Å²) in [6.07, 6.45) is 10.5. The molecule has 40 heavy (non-hydrogen) atoms. The summed E-state index contributed by atoms with van der Waals surface area (Å²) in [5, 5.41) is 4.41. The zero-order valence-electron chi connectivity index (χ0n) is 24.4. The third-order valence-electron chi connectivity index (χ3n) is 9.61. The number of nitrogens with one attached hydrogen (secondary N) is 1. The number of amides is 3. The molecule has 0 radical (unpaired) electrons. The van der Waals surface area contributed by atoms with Crippen LogP contribution < -0.4 is 5.32 Å². The minimum absolute atomic E-state index is 0.0469. The molecule has 4 aliphatic rings. The molecule has 3 heterocycles. The van der Waals surface area contributed by atoms with Gasteiger partial charge in [-0.15, -0.1) is 0 Å². The smallest absolute Gasteiger partial charge is 0.410 e. The number of piperidine rings is 2. The number of hydrogen-bond donors (Lipinski definition) is 1. The van der Waals surface area contributed by atoms with Gasteiger partial charge >= 0.3 is 12.1 Å². The van der Waals surface area contributed by atoms with Gasteiger partial charge in [0.2, 0.25) is 0 Å². The molecule has 1 aliphatic carbocycles. The van der Waals surface area contributed by atoms with E-state index >= 15 is 0 Å². The van der Waals surface area contributed by atoms with Gasteiger partial charge in [-0.25, -0.2) is 9.59 Å². The van der Waals surface area contributed by atoms with Gasteiger partial charge in [-0.05, 0) is 102 Å². The van der Waals surface area contributed by atoms with Crippen molar-refractivity contribution in [2.75, 3.05) is 32.7 Å². The number of benzene rings is 1. The first-order valence-electron chi connectivity index (χ1n) is 15.3. The van der Waals surface area contributed by atoms with E-state index in [1.165, 1.54) is 18.4 Å². The highest BCUT2D eigenvalue weighted by Crippen LogP contribution is 2.42. The van der Waals surface area contributed by atoms with Gasteiger partial charge in [0.1, 0.15) is 5.60 Å². The van der Waals surface area contributed by atoms with Gasteiger partial charge in [0.15, 0.2) is 0 Å². The number of rotatable bonds is 6. The molecule has 3 amide bonds. The Bertz CT molecular complexity index is 1060. The fourth-order valence-corrected chi connectivity index (χ4v) is 7.75. The van der Waals surface area contributed by atoms with Crippen LogP contribution in [0.5, 0.6) is 0 Å². The van der Waals surface area contributed by atoms with E-state index < -0.39 is 5.60 Å². The van der Waals surface area contributed by atoms with Gasteiger partial charge in [0, 0.05) is 32.2 Å². The first-order valence-corrected chi connectivity index (χ1v) is 16.0. The number of nitrogens with zero attached hydrogens (tertiary/aromatic N) is 3. The van der Waals surface area contributed by atoms with Crippen molar-refractivity contribution in [3.05, 3.63) is 33.8 Å². The second kappa shape index (κ2) is 12.3. The summed E-state index contributed by atoms with van der Waals surface area (Å²) >= 11 is 12.7. The number of ether oxygens (including phenoxy) is 1. The van der Waals surface area contributed by atoms with E-state index in [2.05, 4.69) is 21.2 Å². The molecule has 0 bridgehead atoms. The molecule has 3 aliphatic heterocycles. The lowest BCUT2D eigenvalue weighted by Crippen LogP contribution is -2.50. The lowest BCUT2D eigenvalue weighted by Gasteiger charge is -2.43. The number of carbonyl (C=O) groups is 2. The Morgan fingerprint density at radius 2 is 1.73 bits per heavy atom. The first kappa shape index (κ1) is 29.8. The Kier molecular flexibility index (Phi) is 9.13. The van der Waals surface area contributed by atoms with Crippen LogP contribution in [0.3, 0.4) is 0 Å². The van der Waals surface area contributed by atoms with Crippen molar-refractivity contribution in [1.82, 2.24) is 20.0 Å². The highest BCUT2D eigenvalue weighted by Gasteiger charge is 2.44. The second-order valence-electron chi connectivity index (χ2n) is 13.4. The quantitative estimate of drug-likeness (QED) is 0.392. The molecule has 5 rings (SSSR count). The summed E-state index contributed by atoms with van der Waals surface area (Å²) in [6.45, 7) is 10.2. The molecule has 1 aromatic rings. The Hall–Kier alpha value is -1.70. The number of halogens is 2. The van der Waals surface area contributed by atoms with Crippen LogP contribution in [0.25, 0.3) is 0 Å². The molecular formula is C31H46Cl2N4O3. The van der Waals surface area contributed by atoms with Crippen LogP contribution in [0.4, 0.5) is 9.59 Å². The van der Waals surface area contributed by atoms with Crippen molar-refractivity contribution in [3.8, 4) is 0 Å². The number of hydrogen-bond acceptors (Lipinski definition) is 4.